The summed E-state index contributed by atoms with van der Waals surface area (Å²) in [4.78, 5) is 13.2. The third-order valence-electron chi connectivity index (χ3n) is 5.13. The van der Waals surface area contributed by atoms with E-state index in [9.17, 15) is 9.36 Å². The lowest BCUT2D eigenvalue weighted by Gasteiger charge is -2.18. The van der Waals surface area contributed by atoms with Crippen molar-refractivity contribution in [3.05, 3.63) is 59.7 Å². The van der Waals surface area contributed by atoms with Gasteiger partial charge in [0.05, 0.1) is 14.2 Å². The summed E-state index contributed by atoms with van der Waals surface area (Å²) < 4.78 is 24.1. The van der Waals surface area contributed by atoms with Gasteiger partial charge in [0, 0.05) is 5.66 Å². The van der Waals surface area contributed by atoms with Crippen LogP contribution in [0, 0.1) is 0 Å². The average Bonchev–Trinajstić information content (AvgIpc) is 2.77. The van der Waals surface area contributed by atoms with E-state index in [4.69, 9.17) is 9.47 Å². The van der Waals surface area contributed by atoms with Gasteiger partial charge in [-0.3, -0.25) is 9.36 Å². The van der Waals surface area contributed by atoms with Crippen molar-refractivity contribution in [2.24, 2.45) is 0 Å². The summed E-state index contributed by atoms with van der Waals surface area (Å²) in [5.41, 5.74) is 0.803. The summed E-state index contributed by atoms with van der Waals surface area (Å²) in [6, 6.07) is 15.1. The van der Waals surface area contributed by atoms with E-state index in [2.05, 4.69) is 6.92 Å². The number of carbonyl (C=O) groups is 1. The van der Waals surface area contributed by atoms with Crippen LogP contribution in [0.4, 0.5) is 0 Å². The Balaban J connectivity index is 2.22. The Morgan fingerprint density at radius 3 is 2.10 bits per heavy atom. The highest BCUT2D eigenvalue weighted by Crippen LogP contribution is 2.42. The zero-order valence-electron chi connectivity index (χ0n) is 17.7. The van der Waals surface area contributed by atoms with E-state index in [1.54, 1.807) is 18.2 Å². The molecule has 2 aromatic carbocycles. The highest BCUT2D eigenvalue weighted by molar-refractivity contribution is 7.65. The molecule has 2 aromatic rings. The van der Waals surface area contributed by atoms with Gasteiger partial charge < -0.3 is 9.47 Å². The number of ether oxygens (including phenoxy) is 2. The summed E-state index contributed by atoms with van der Waals surface area (Å²) in [6.45, 7) is 2.19. The van der Waals surface area contributed by atoms with Crippen LogP contribution in [0.3, 0.4) is 0 Å². The average molecular weight is 415 g/mol. The van der Waals surface area contributed by atoms with Crippen molar-refractivity contribution in [1.82, 2.24) is 0 Å². The van der Waals surface area contributed by atoms with Crippen LogP contribution in [-0.4, -0.2) is 25.4 Å². The van der Waals surface area contributed by atoms with Crippen LogP contribution in [0.25, 0.3) is 0 Å². The van der Waals surface area contributed by atoms with E-state index in [0.29, 0.717) is 17.9 Å². The number of rotatable bonds is 13. The lowest BCUT2D eigenvalue weighted by atomic mass is 10.0. The summed E-state index contributed by atoms with van der Waals surface area (Å²) in [7, 11) is 0.893. The molecular formula is C24H32O4P. The van der Waals surface area contributed by atoms with Crippen LogP contribution in [0.2, 0.25) is 0 Å². The summed E-state index contributed by atoms with van der Waals surface area (Å²) >= 11 is 0. The van der Waals surface area contributed by atoms with Crippen molar-refractivity contribution in [2.45, 2.75) is 57.5 Å². The summed E-state index contributed by atoms with van der Waals surface area (Å²) in [5, 5.41) is 0. The molecule has 29 heavy (non-hydrogen) atoms. The predicted molar refractivity (Wildman–Crippen MR) is 119 cm³/mol. The maximum atomic E-state index is 13.4. The van der Waals surface area contributed by atoms with Gasteiger partial charge in [-0.15, -0.1) is 0 Å². The number of carbonyl (C=O) groups excluding carboxylic acids is 1. The molecule has 2 unspecified atom stereocenters. The number of hydrogen-bond donors (Lipinski definition) is 0. The maximum absolute atomic E-state index is 13.4. The van der Waals surface area contributed by atoms with Crippen LogP contribution >= 0.6 is 7.80 Å². The first kappa shape index (κ1) is 23.1. The Kier molecular flexibility index (Phi) is 9.87. The van der Waals surface area contributed by atoms with E-state index in [-0.39, 0.29) is 16.7 Å². The summed E-state index contributed by atoms with van der Waals surface area (Å²) in [5.74, 6) is 0.804. The fourth-order valence-corrected chi connectivity index (χ4v) is 5.08. The zero-order chi connectivity index (χ0) is 21.1. The molecule has 157 valence electrons. The smallest absolute Gasteiger partial charge is 0.249 e. The van der Waals surface area contributed by atoms with Crippen molar-refractivity contribution in [1.29, 1.82) is 0 Å². The van der Waals surface area contributed by atoms with E-state index in [0.717, 1.165) is 24.8 Å². The fourth-order valence-electron chi connectivity index (χ4n) is 3.51. The molecule has 0 amide bonds. The van der Waals surface area contributed by atoms with Gasteiger partial charge in [-0.05, 0) is 30.5 Å². The number of benzene rings is 2. The molecule has 0 bridgehead atoms. The van der Waals surface area contributed by atoms with Gasteiger partial charge in [-0.25, -0.2) is 0 Å². The van der Waals surface area contributed by atoms with E-state index in [1.807, 2.05) is 30.3 Å². The molecule has 0 aliphatic carbocycles. The normalized spacial score (nSPS) is 12.3. The van der Waals surface area contributed by atoms with Gasteiger partial charge in [0.25, 0.3) is 0 Å². The minimum Gasteiger partial charge on any atom is -0.496 e. The largest absolute Gasteiger partial charge is 0.496 e. The Morgan fingerprint density at radius 1 is 0.897 bits per heavy atom. The molecule has 0 fully saturated rings. The lowest BCUT2D eigenvalue weighted by Crippen LogP contribution is -2.13. The molecule has 0 heterocycles. The zero-order valence-corrected chi connectivity index (χ0v) is 18.6. The number of unbranched alkanes of at least 4 members (excludes halogenated alkanes) is 4. The molecule has 0 aromatic heterocycles. The Morgan fingerprint density at radius 2 is 1.52 bits per heavy atom. The fraction of sp³-hybridized carbons (Fsp3) is 0.458. The second kappa shape index (κ2) is 12.4. The Hall–Kier alpha value is -2.19. The standard InChI is InChI=1S/C24H32O4P/c1-4-5-6-7-11-15-20(18-19-13-9-8-10-14-19)29(26)24(25)23-21(27-2)16-12-17-22(23)28-3/h8-10,12-14,16-17,20H,4-7,11,15,18H2,1-3H3. The van der Waals surface area contributed by atoms with Gasteiger partial charge in [0.2, 0.25) is 5.52 Å². The predicted octanol–water partition coefficient (Wildman–Crippen LogP) is 6.64. The lowest BCUT2D eigenvalue weighted by molar-refractivity contribution is 0.107. The quantitative estimate of drug-likeness (QED) is 0.272. The molecule has 5 heteroatoms. The van der Waals surface area contributed by atoms with E-state index < -0.39 is 7.80 Å². The van der Waals surface area contributed by atoms with Crippen LogP contribution in [0.5, 0.6) is 11.5 Å². The van der Waals surface area contributed by atoms with E-state index >= 15 is 0 Å². The minimum atomic E-state index is -2.12. The molecule has 2 rings (SSSR count). The third-order valence-corrected chi connectivity index (χ3v) is 6.86. The second-order valence-electron chi connectivity index (χ2n) is 7.21. The first-order valence-corrected chi connectivity index (χ1v) is 11.7. The molecule has 0 saturated carbocycles. The molecule has 1 radical (unpaired) electrons. The second-order valence-corrected chi connectivity index (χ2v) is 9.00. The van der Waals surface area contributed by atoms with Crippen molar-refractivity contribution in [3.63, 3.8) is 0 Å². The van der Waals surface area contributed by atoms with Gasteiger partial charge in [0.1, 0.15) is 24.9 Å². The Labute approximate surface area is 175 Å². The summed E-state index contributed by atoms with van der Waals surface area (Å²) in [6.07, 6.45) is 7.08. The van der Waals surface area contributed by atoms with Crippen LogP contribution in [-0.2, 0) is 11.0 Å². The van der Waals surface area contributed by atoms with Gasteiger partial charge >= 0.3 is 0 Å². The van der Waals surface area contributed by atoms with Gasteiger partial charge in [-0.2, -0.15) is 0 Å². The highest BCUT2D eigenvalue weighted by atomic mass is 31.1. The molecule has 0 N–H and O–H groups in total. The molecule has 0 spiro atoms. The number of methoxy groups -OCH3 is 2. The monoisotopic (exact) mass is 415 g/mol. The van der Waals surface area contributed by atoms with Crippen molar-refractivity contribution in [2.75, 3.05) is 14.2 Å². The molecular weight excluding hydrogens is 383 g/mol. The van der Waals surface area contributed by atoms with Crippen LogP contribution in [0.1, 0.15) is 61.4 Å². The third kappa shape index (κ3) is 6.68. The van der Waals surface area contributed by atoms with E-state index in [1.165, 1.54) is 33.5 Å². The highest BCUT2D eigenvalue weighted by Gasteiger charge is 2.30. The Bertz CT molecular complexity index is 766. The van der Waals surface area contributed by atoms with Gasteiger partial charge in [-0.1, -0.05) is 75.4 Å². The molecule has 4 nitrogen and oxygen atoms in total. The molecule has 0 aliphatic rings. The number of hydrogen-bond acceptors (Lipinski definition) is 4. The SMILES string of the molecule is CCCCCCCC(Cc1ccccc1)[P](=O)C(=O)c1c(OC)cccc1OC. The van der Waals surface area contributed by atoms with Crippen LogP contribution < -0.4 is 9.47 Å². The maximum Gasteiger partial charge on any atom is 0.249 e. The minimum absolute atomic E-state index is 0.198. The van der Waals surface area contributed by atoms with Crippen LogP contribution in [0.15, 0.2) is 48.5 Å². The van der Waals surface area contributed by atoms with Crippen molar-refractivity contribution >= 4 is 13.3 Å². The van der Waals surface area contributed by atoms with Crippen molar-refractivity contribution < 1.29 is 18.8 Å². The van der Waals surface area contributed by atoms with Crippen molar-refractivity contribution in [3.8, 4) is 11.5 Å². The first-order valence-electron chi connectivity index (χ1n) is 10.4. The first-order chi connectivity index (χ1) is 14.1. The molecule has 0 aliphatic heterocycles. The topological polar surface area (TPSA) is 52.6 Å². The molecule has 2 atom stereocenters. The molecule has 0 saturated heterocycles. The van der Waals surface area contributed by atoms with Gasteiger partial charge in [0.15, 0.2) is 0 Å².